The Morgan fingerprint density at radius 1 is 1.27 bits per heavy atom. The maximum Gasteiger partial charge on any atom is 0.441 e. The summed E-state index contributed by atoms with van der Waals surface area (Å²) in [6, 6.07) is 3.06. The molecule has 2 amide bonds. The maximum absolute atomic E-state index is 12.7. The smallest absolute Gasteiger partial charge is 0.441 e. The molecule has 1 saturated heterocycles. The zero-order valence-electron chi connectivity index (χ0n) is 17.4. The quantitative estimate of drug-likeness (QED) is 0.0729. The molecule has 0 saturated carbocycles. The first-order valence-corrected chi connectivity index (χ1v) is 9.53. The van der Waals surface area contributed by atoms with Gasteiger partial charge in [-0.15, -0.1) is 0 Å². The second-order valence-electron chi connectivity index (χ2n) is 7.26. The zero-order valence-corrected chi connectivity index (χ0v) is 17.4. The summed E-state index contributed by atoms with van der Waals surface area (Å²) in [7, 11) is 0. The van der Waals surface area contributed by atoms with Crippen LogP contribution in [0, 0.1) is 22.0 Å². The number of Topliss-reactive ketones (excluding diaryl/α,β-unsaturated/α-hetero) is 1. The van der Waals surface area contributed by atoms with Crippen molar-refractivity contribution in [3.8, 4) is 0 Å². The molecule has 0 spiro atoms. The topological polar surface area (TPSA) is 181 Å². The Morgan fingerprint density at radius 3 is 2.36 bits per heavy atom. The van der Waals surface area contributed by atoms with E-state index in [0.29, 0.717) is 5.56 Å². The number of rotatable bonds is 10. The molecular formula is C19H19F2N5O7. The molecule has 0 aliphatic carbocycles. The van der Waals surface area contributed by atoms with Gasteiger partial charge < -0.3 is 20.9 Å². The first kappa shape index (κ1) is 25.2. The molecule has 1 aliphatic heterocycles. The summed E-state index contributed by atoms with van der Waals surface area (Å²) in [4.78, 5) is 60.7. The van der Waals surface area contributed by atoms with Crippen LogP contribution in [-0.4, -0.2) is 57.5 Å². The van der Waals surface area contributed by atoms with E-state index in [4.69, 9.17) is 10.3 Å². The lowest BCUT2D eigenvalue weighted by molar-refractivity contribution is -0.384. The minimum absolute atomic E-state index is 0.178. The predicted molar refractivity (Wildman–Crippen MR) is 105 cm³/mol. The highest BCUT2D eigenvalue weighted by atomic mass is 19.3. The van der Waals surface area contributed by atoms with E-state index in [2.05, 4.69) is 10.1 Å². The van der Waals surface area contributed by atoms with Crippen molar-refractivity contribution in [3.05, 3.63) is 45.5 Å². The fraction of sp³-hybridized carbons (Fsp3) is 0.421. The molecule has 1 heterocycles. The standard InChI is InChI=1S/C19H19F2N5O7/c1-8(13-12(17(28)24-13)9(2)23-18(29)16(20)21)15(27)14(25-22)19(30)33-7-10-3-5-11(6-4-10)26(31)32/h3-6,8-9,12-13,16H,7H2,1-2H3,(H,23,29)(H,24,28)/t8?,9-,12-,13-/m1/s1. The van der Waals surface area contributed by atoms with Crippen LogP contribution >= 0.6 is 0 Å². The molecule has 4 atom stereocenters. The van der Waals surface area contributed by atoms with E-state index in [0.717, 1.165) is 0 Å². The number of esters is 1. The molecule has 0 radical (unpaired) electrons. The van der Waals surface area contributed by atoms with Gasteiger partial charge in [-0.05, 0) is 24.6 Å². The van der Waals surface area contributed by atoms with Crippen LogP contribution in [0.15, 0.2) is 24.3 Å². The van der Waals surface area contributed by atoms with E-state index in [-0.39, 0.29) is 12.3 Å². The van der Waals surface area contributed by atoms with Gasteiger partial charge in [0.15, 0.2) is 0 Å². The number of nitro benzene ring substituents is 1. The number of nitrogens with zero attached hydrogens (tertiary/aromatic N) is 3. The monoisotopic (exact) mass is 467 g/mol. The van der Waals surface area contributed by atoms with Crippen LogP contribution in [0.3, 0.4) is 0 Å². The fourth-order valence-electron chi connectivity index (χ4n) is 3.27. The SMILES string of the molecule is CC(C(=O)C(=[N+]=[N-])C(=O)OCc1ccc([N+](=O)[O-])cc1)[C@H]1NC(=O)[C@@H]1[C@@H](C)NC(=O)C(F)F. The van der Waals surface area contributed by atoms with Gasteiger partial charge in [0.1, 0.15) is 6.61 Å². The Balaban J connectivity index is 2.02. The number of nitro groups is 1. The molecule has 1 aliphatic rings. The van der Waals surface area contributed by atoms with Crippen LogP contribution in [0.4, 0.5) is 14.5 Å². The number of benzene rings is 1. The third kappa shape index (κ3) is 5.80. The average molecular weight is 467 g/mol. The van der Waals surface area contributed by atoms with E-state index in [1.165, 1.54) is 38.1 Å². The maximum atomic E-state index is 12.7. The van der Waals surface area contributed by atoms with Crippen LogP contribution in [0.1, 0.15) is 19.4 Å². The number of carbonyl (C=O) groups is 4. The second-order valence-corrected chi connectivity index (χ2v) is 7.26. The molecule has 2 N–H and O–H groups in total. The Kier molecular flexibility index (Phi) is 8.02. The normalized spacial score (nSPS) is 18.8. The van der Waals surface area contributed by atoms with Crippen molar-refractivity contribution in [1.82, 2.24) is 10.6 Å². The Bertz CT molecular complexity index is 1020. The third-order valence-electron chi connectivity index (χ3n) is 5.10. The Morgan fingerprint density at radius 2 is 1.88 bits per heavy atom. The summed E-state index contributed by atoms with van der Waals surface area (Å²) < 4.78 is 29.8. The highest BCUT2D eigenvalue weighted by Gasteiger charge is 2.51. The van der Waals surface area contributed by atoms with Gasteiger partial charge in [0, 0.05) is 24.1 Å². The van der Waals surface area contributed by atoms with Crippen molar-refractivity contribution in [2.24, 2.45) is 11.8 Å². The van der Waals surface area contributed by atoms with E-state index in [1.807, 2.05) is 5.32 Å². The van der Waals surface area contributed by atoms with Gasteiger partial charge in [0.25, 0.3) is 17.4 Å². The second kappa shape index (κ2) is 10.5. The molecule has 14 heteroatoms. The molecule has 1 fully saturated rings. The summed E-state index contributed by atoms with van der Waals surface area (Å²) in [5.74, 6) is -6.61. The summed E-state index contributed by atoms with van der Waals surface area (Å²) in [5, 5.41) is 15.0. The van der Waals surface area contributed by atoms with Crippen molar-refractivity contribution < 1.29 is 42.4 Å². The molecule has 12 nitrogen and oxygen atoms in total. The number of hydrogen-bond donors (Lipinski definition) is 2. The number of hydrogen-bond acceptors (Lipinski definition) is 7. The average Bonchev–Trinajstić information content (AvgIpc) is 2.75. The first-order valence-electron chi connectivity index (χ1n) is 9.53. The number of amides is 2. The van der Waals surface area contributed by atoms with Crippen LogP contribution in [0.2, 0.25) is 0 Å². The lowest BCUT2D eigenvalue weighted by Crippen LogP contribution is -2.68. The number of β-lactam (4-membered cyclic amide) rings is 1. The summed E-state index contributed by atoms with van der Waals surface area (Å²) in [6.07, 6.45) is -3.29. The van der Waals surface area contributed by atoms with Gasteiger partial charge in [-0.3, -0.25) is 24.5 Å². The van der Waals surface area contributed by atoms with Gasteiger partial charge in [-0.25, -0.2) is 4.79 Å². The number of halogens is 2. The molecule has 176 valence electrons. The van der Waals surface area contributed by atoms with Crippen LogP contribution in [-0.2, 0) is 30.5 Å². The van der Waals surface area contributed by atoms with E-state index in [1.54, 1.807) is 0 Å². The fourth-order valence-corrected chi connectivity index (χ4v) is 3.27. The molecular weight excluding hydrogens is 448 g/mol. The molecule has 0 aromatic heterocycles. The number of carbonyl (C=O) groups excluding carboxylic acids is 4. The van der Waals surface area contributed by atoms with Gasteiger partial charge >= 0.3 is 18.1 Å². The minimum atomic E-state index is -3.29. The van der Waals surface area contributed by atoms with Crippen molar-refractivity contribution in [2.75, 3.05) is 0 Å². The van der Waals surface area contributed by atoms with Crippen LogP contribution in [0.5, 0.6) is 0 Å². The Labute approximate surface area is 185 Å². The van der Waals surface area contributed by atoms with Gasteiger partial charge in [-0.1, -0.05) is 6.92 Å². The third-order valence-corrected chi connectivity index (χ3v) is 5.10. The largest absolute Gasteiger partial charge is 0.452 e. The summed E-state index contributed by atoms with van der Waals surface area (Å²) in [5.41, 5.74) is 8.37. The summed E-state index contributed by atoms with van der Waals surface area (Å²) in [6.45, 7) is 2.25. The molecule has 1 aromatic carbocycles. The van der Waals surface area contributed by atoms with E-state index in [9.17, 15) is 38.1 Å². The number of alkyl halides is 2. The predicted octanol–water partition coefficient (Wildman–Crippen LogP) is 0.398. The molecule has 0 bridgehead atoms. The van der Waals surface area contributed by atoms with E-state index >= 15 is 0 Å². The van der Waals surface area contributed by atoms with Gasteiger partial charge in [0.05, 0.1) is 16.9 Å². The van der Waals surface area contributed by atoms with E-state index < -0.39 is 64.5 Å². The first-order chi connectivity index (χ1) is 15.5. The van der Waals surface area contributed by atoms with Crippen molar-refractivity contribution in [3.63, 3.8) is 0 Å². The van der Waals surface area contributed by atoms with Crippen LogP contribution < -0.4 is 10.6 Å². The van der Waals surface area contributed by atoms with Crippen molar-refractivity contribution >= 4 is 35.0 Å². The molecule has 1 unspecified atom stereocenters. The van der Waals surface area contributed by atoms with Gasteiger partial charge in [0.2, 0.25) is 5.91 Å². The molecule has 1 aromatic rings. The number of non-ortho nitro benzene ring substituents is 1. The number of nitrogens with one attached hydrogen (secondary N) is 2. The lowest BCUT2D eigenvalue weighted by atomic mass is 9.75. The van der Waals surface area contributed by atoms with Gasteiger partial charge in [-0.2, -0.15) is 13.6 Å². The van der Waals surface area contributed by atoms with Crippen LogP contribution in [0.25, 0.3) is 5.53 Å². The summed E-state index contributed by atoms with van der Waals surface area (Å²) >= 11 is 0. The molecule has 33 heavy (non-hydrogen) atoms. The highest BCUT2D eigenvalue weighted by molar-refractivity contribution is 6.62. The molecule has 2 rings (SSSR count). The minimum Gasteiger partial charge on any atom is -0.452 e. The Hall–Kier alpha value is -4.06. The highest BCUT2D eigenvalue weighted by Crippen LogP contribution is 2.26. The number of ketones is 1. The zero-order chi connectivity index (χ0) is 24.9. The lowest BCUT2D eigenvalue weighted by Gasteiger charge is -2.42. The van der Waals surface area contributed by atoms with Crippen molar-refractivity contribution in [1.29, 1.82) is 0 Å². The number of ether oxygens (including phenoxy) is 1. The van der Waals surface area contributed by atoms with Crippen molar-refractivity contribution in [2.45, 2.75) is 39.0 Å².